The lowest BCUT2D eigenvalue weighted by Gasteiger charge is -2.18. The lowest BCUT2D eigenvalue weighted by atomic mass is 9.93. The zero-order valence-electron chi connectivity index (χ0n) is 10.3. The van der Waals surface area contributed by atoms with E-state index in [0.717, 1.165) is 12.5 Å². The van der Waals surface area contributed by atoms with Crippen LogP contribution in [0.2, 0.25) is 0 Å². The first-order valence-corrected chi connectivity index (χ1v) is 5.45. The van der Waals surface area contributed by atoms with Gasteiger partial charge >= 0.3 is 5.97 Å². The van der Waals surface area contributed by atoms with E-state index in [1.807, 2.05) is 0 Å². The molecule has 0 fully saturated rings. The largest absolute Gasteiger partial charge is 0.493 e. The van der Waals surface area contributed by atoms with E-state index < -0.39 is 11.8 Å². The molecule has 0 bridgehead atoms. The van der Waals surface area contributed by atoms with Crippen LogP contribution in [0.25, 0.3) is 0 Å². The Hall–Kier alpha value is -1.58. The summed E-state index contributed by atoms with van der Waals surface area (Å²) in [7, 11) is 0. The van der Waals surface area contributed by atoms with Crippen LogP contribution < -0.4 is 4.74 Å². The van der Waals surface area contributed by atoms with Gasteiger partial charge in [0.15, 0.2) is 0 Å². The highest BCUT2D eigenvalue weighted by atomic mass is 19.1. The molecule has 0 saturated heterocycles. The summed E-state index contributed by atoms with van der Waals surface area (Å²) in [5.41, 5.74) is 0.0268. The zero-order valence-corrected chi connectivity index (χ0v) is 10.3. The van der Waals surface area contributed by atoms with Gasteiger partial charge < -0.3 is 9.84 Å². The SMILES string of the molecule is CC(C)(C)CCOc1cc(F)cc(C(=O)O)c1. The molecule has 0 aliphatic carbocycles. The van der Waals surface area contributed by atoms with Gasteiger partial charge in [0.25, 0.3) is 0 Å². The summed E-state index contributed by atoms with van der Waals surface area (Å²) < 4.78 is 18.5. The van der Waals surface area contributed by atoms with Crippen molar-refractivity contribution in [3.8, 4) is 5.75 Å². The van der Waals surface area contributed by atoms with Gasteiger partial charge in [0.05, 0.1) is 12.2 Å². The van der Waals surface area contributed by atoms with Gasteiger partial charge in [-0.05, 0) is 24.0 Å². The number of benzene rings is 1. The van der Waals surface area contributed by atoms with E-state index in [9.17, 15) is 9.18 Å². The van der Waals surface area contributed by atoms with Crippen molar-refractivity contribution < 1.29 is 19.0 Å². The number of carboxylic acids is 1. The monoisotopic (exact) mass is 240 g/mol. The van der Waals surface area contributed by atoms with Gasteiger partial charge in [-0.1, -0.05) is 20.8 Å². The molecule has 0 saturated carbocycles. The Morgan fingerprint density at radius 2 is 2.00 bits per heavy atom. The van der Waals surface area contributed by atoms with Crippen molar-refractivity contribution in [1.82, 2.24) is 0 Å². The molecule has 1 N–H and O–H groups in total. The van der Waals surface area contributed by atoms with E-state index >= 15 is 0 Å². The van der Waals surface area contributed by atoms with E-state index in [1.165, 1.54) is 12.1 Å². The minimum absolute atomic E-state index is 0.101. The fourth-order valence-electron chi connectivity index (χ4n) is 1.24. The topological polar surface area (TPSA) is 46.5 Å². The highest BCUT2D eigenvalue weighted by molar-refractivity contribution is 5.88. The van der Waals surface area contributed by atoms with E-state index in [-0.39, 0.29) is 16.7 Å². The Bertz CT molecular complexity index is 408. The van der Waals surface area contributed by atoms with Crippen LogP contribution in [0.3, 0.4) is 0 Å². The molecule has 17 heavy (non-hydrogen) atoms. The van der Waals surface area contributed by atoms with Crippen LogP contribution >= 0.6 is 0 Å². The number of halogens is 1. The molecule has 0 spiro atoms. The molecule has 0 heterocycles. The summed E-state index contributed by atoms with van der Waals surface area (Å²) in [5, 5.41) is 8.77. The predicted octanol–water partition coefficient (Wildman–Crippen LogP) is 3.34. The minimum atomic E-state index is -1.16. The average molecular weight is 240 g/mol. The first-order chi connectivity index (χ1) is 7.78. The number of carbonyl (C=O) groups is 1. The molecule has 1 aromatic carbocycles. The van der Waals surface area contributed by atoms with E-state index in [0.29, 0.717) is 6.61 Å². The van der Waals surface area contributed by atoms with Crippen LogP contribution in [0.5, 0.6) is 5.75 Å². The second-order valence-electron chi connectivity index (χ2n) is 5.14. The van der Waals surface area contributed by atoms with Gasteiger partial charge in [0.2, 0.25) is 0 Å². The highest BCUT2D eigenvalue weighted by Crippen LogP contribution is 2.21. The Balaban J connectivity index is 2.68. The summed E-state index contributed by atoms with van der Waals surface area (Å²) in [6.07, 6.45) is 0.811. The van der Waals surface area contributed by atoms with Crippen LogP contribution in [0.4, 0.5) is 4.39 Å². The zero-order chi connectivity index (χ0) is 13.1. The fraction of sp³-hybridized carbons (Fsp3) is 0.462. The molecule has 0 aliphatic heterocycles. The minimum Gasteiger partial charge on any atom is -0.493 e. The second kappa shape index (κ2) is 5.17. The molecule has 1 rings (SSSR count). The lowest BCUT2D eigenvalue weighted by molar-refractivity contribution is 0.0695. The molecule has 0 aromatic heterocycles. The summed E-state index contributed by atoms with van der Waals surface area (Å²) in [5.74, 6) is -1.51. The third-order valence-electron chi connectivity index (χ3n) is 2.24. The lowest BCUT2D eigenvalue weighted by Crippen LogP contribution is -2.11. The summed E-state index contributed by atoms with van der Waals surface area (Å²) in [6.45, 7) is 6.66. The van der Waals surface area contributed by atoms with Gasteiger partial charge in [-0.15, -0.1) is 0 Å². The van der Waals surface area contributed by atoms with Crippen LogP contribution in [0.1, 0.15) is 37.6 Å². The van der Waals surface area contributed by atoms with Crippen LogP contribution in [0, 0.1) is 11.2 Å². The number of hydrogen-bond acceptors (Lipinski definition) is 2. The van der Waals surface area contributed by atoms with E-state index in [1.54, 1.807) is 0 Å². The summed E-state index contributed by atoms with van der Waals surface area (Å²) >= 11 is 0. The maximum absolute atomic E-state index is 13.1. The smallest absolute Gasteiger partial charge is 0.335 e. The Morgan fingerprint density at radius 3 is 2.53 bits per heavy atom. The molecule has 4 heteroatoms. The Labute approximate surface area is 100 Å². The van der Waals surface area contributed by atoms with Crippen molar-refractivity contribution in [2.24, 2.45) is 5.41 Å². The number of hydrogen-bond donors (Lipinski definition) is 1. The average Bonchev–Trinajstić information content (AvgIpc) is 2.14. The molecule has 0 unspecified atom stereocenters. The first-order valence-electron chi connectivity index (χ1n) is 5.45. The van der Waals surface area contributed by atoms with Crippen LogP contribution in [-0.2, 0) is 0 Å². The van der Waals surface area contributed by atoms with Gasteiger partial charge in [-0.3, -0.25) is 0 Å². The predicted molar refractivity (Wildman–Crippen MR) is 62.9 cm³/mol. The maximum atomic E-state index is 13.1. The number of aromatic carboxylic acids is 1. The molecule has 94 valence electrons. The van der Waals surface area contributed by atoms with E-state index in [4.69, 9.17) is 9.84 Å². The van der Waals surface area contributed by atoms with E-state index in [2.05, 4.69) is 20.8 Å². The van der Waals surface area contributed by atoms with Crippen molar-refractivity contribution in [2.75, 3.05) is 6.61 Å². The molecular formula is C13H17FO3. The second-order valence-corrected chi connectivity index (χ2v) is 5.14. The highest BCUT2D eigenvalue weighted by Gasteiger charge is 2.11. The first kappa shape index (κ1) is 13.5. The van der Waals surface area contributed by atoms with Gasteiger partial charge in [-0.2, -0.15) is 0 Å². The standard InChI is InChI=1S/C13H17FO3/c1-13(2,3)4-5-17-11-7-9(12(15)16)6-10(14)8-11/h6-8H,4-5H2,1-3H3,(H,15,16). The van der Waals surface area contributed by atoms with Gasteiger partial charge in [0, 0.05) is 6.07 Å². The Morgan fingerprint density at radius 1 is 1.35 bits per heavy atom. The molecule has 0 amide bonds. The third kappa shape index (κ3) is 4.85. The molecule has 0 radical (unpaired) electrons. The summed E-state index contributed by atoms with van der Waals surface area (Å²) in [4.78, 5) is 10.7. The molecule has 0 atom stereocenters. The maximum Gasteiger partial charge on any atom is 0.335 e. The van der Waals surface area contributed by atoms with Crippen molar-refractivity contribution in [3.63, 3.8) is 0 Å². The van der Waals surface area contributed by atoms with Gasteiger partial charge in [0.1, 0.15) is 11.6 Å². The van der Waals surface area contributed by atoms with Crippen LogP contribution in [0.15, 0.2) is 18.2 Å². The molecule has 1 aromatic rings. The molecular weight excluding hydrogens is 223 g/mol. The van der Waals surface area contributed by atoms with Crippen molar-refractivity contribution in [2.45, 2.75) is 27.2 Å². The molecule has 0 aliphatic rings. The van der Waals surface area contributed by atoms with Crippen LogP contribution in [-0.4, -0.2) is 17.7 Å². The number of ether oxygens (including phenoxy) is 1. The normalized spacial score (nSPS) is 11.3. The summed E-state index contributed by atoms with van der Waals surface area (Å²) in [6, 6.07) is 3.49. The number of rotatable bonds is 4. The number of carboxylic acid groups (broad SMARTS) is 1. The molecule has 3 nitrogen and oxygen atoms in total. The van der Waals surface area contributed by atoms with Crippen molar-refractivity contribution >= 4 is 5.97 Å². The van der Waals surface area contributed by atoms with Crippen molar-refractivity contribution in [1.29, 1.82) is 0 Å². The third-order valence-corrected chi connectivity index (χ3v) is 2.24. The van der Waals surface area contributed by atoms with Gasteiger partial charge in [-0.25, -0.2) is 9.18 Å². The fourth-order valence-corrected chi connectivity index (χ4v) is 1.24. The Kier molecular flexibility index (Phi) is 4.10. The quantitative estimate of drug-likeness (QED) is 0.878. The van der Waals surface area contributed by atoms with Crippen molar-refractivity contribution in [3.05, 3.63) is 29.6 Å².